The van der Waals surface area contributed by atoms with E-state index in [0.29, 0.717) is 10.2 Å². The largest absolute Gasteiger partial charge is 0.481 e. The van der Waals surface area contributed by atoms with Crippen LogP contribution < -0.4 is 5.32 Å². The van der Waals surface area contributed by atoms with Crippen molar-refractivity contribution in [2.75, 3.05) is 5.32 Å². The zero-order chi connectivity index (χ0) is 15.9. The number of aliphatic carboxylic acids is 1. The molecule has 2 atom stereocenters. The van der Waals surface area contributed by atoms with E-state index in [1.54, 1.807) is 13.8 Å². The molecule has 0 saturated heterocycles. The van der Waals surface area contributed by atoms with E-state index in [-0.39, 0.29) is 5.69 Å². The first-order valence-corrected chi connectivity index (χ1v) is 6.93. The number of hydrogen-bond acceptors (Lipinski definition) is 4. The van der Waals surface area contributed by atoms with E-state index in [4.69, 9.17) is 5.11 Å². The molecule has 2 N–H and O–H groups in total. The van der Waals surface area contributed by atoms with Gasteiger partial charge in [-0.05, 0) is 27.4 Å². The van der Waals surface area contributed by atoms with Crippen molar-refractivity contribution >= 4 is 39.2 Å². The molecule has 112 valence electrons. The van der Waals surface area contributed by atoms with Crippen molar-refractivity contribution in [3.8, 4) is 0 Å². The summed E-state index contributed by atoms with van der Waals surface area (Å²) in [6.45, 7) is 3.45. The molecule has 2 rings (SSSR count). The van der Waals surface area contributed by atoms with Crippen molar-refractivity contribution in [3.63, 3.8) is 0 Å². The maximum absolute atomic E-state index is 12.1. The maximum Gasteiger partial charge on any atom is 0.307 e. The topological polar surface area (TPSA) is 110 Å². The zero-order valence-electron chi connectivity index (χ0n) is 11.3. The minimum atomic E-state index is -0.997. The molecule has 0 unspecified atom stereocenters. The smallest absolute Gasteiger partial charge is 0.307 e. The van der Waals surface area contributed by atoms with Crippen molar-refractivity contribution < 1.29 is 19.6 Å². The molecule has 1 aromatic carbocycles. The third kappa shape index (κ3) is 2.76. The Bertz CT molecular complexity index is 643. The van der Waals surface area contributed by atoms with Gasteiger partial charge in [0.25, 0.3) is 5.69 Å². The van der Waals surface area contributed by atoms with Crippen molar-refractivity contribution in [1.29, 1.82) is 0 Å². The average molecular weight is 357 g/mol. The number of hydrogen-bond donors (Lipinski definition) is 2. The van der Waals surface area contributed by atoms with Gasteiger partial charge in [0.05, 0.1) is 22.4 Å². The number of nitrogens with zero attached hydrogens (tertiary/aromatic N) is 1. The van der Waals surface area contributed by atoms with E-state index in [9.17, 15) is 19.7 Å². The van der Waals surface area contributed by atoms with Gasteiger partial charge in [-0.15, -0.1) is 0 Å². The number of nitro groups is 1. The average Bonchev–Trinajstić information content (AvgIpc) is 2.95. The molecule has 8 heteroatoms. The molecule has 0 bridgehead atoms. The third-order valence-corrected chi connectivity index (χ3v) is 4.45. The lowest BCUT2D eigenvalue weighted by Gasteiger charge is -2.08. The molecule has 1 amide bonds. The Labute approximate surface area is 128 Å². The maximum atomic E-state index is 12.1. The molecule has 1 aromatic rings. The van der Waals surface area contributed by atoms with Crippen LogP contribution in [0.25, 0.3) is 0 Å². The second kappa shape index (κ2) is 5.10. The van der Waals surface area contributed by atoms with Crippen molar-refractivity contribution in [2.45, 2.75) is 13.8 Å². The Hall–Kier alpha value is -1.96. The van der Waals surface area contributed by atoms with Crippen LogP contribution in [0.2, 0.25) is 0 Å². The Morgan fingerprint density at radius 1 is 1.38 bits per heavy atom. The Kier molecular flexibility index (Phi) is 3.75. The predicted molar refractivity (Wildman–Crippen MR) is 77.8 cm³/mol. The van der Waals surface area contributed by atoms with E-state index < -0.39 is 34.1 Å². The van der Waals surface area contributed by atoms with Crippen LogP contribution in [0, 0.1) is 27.4 Å². The van der Waals surface area contributed by atoms with E-state index in [0.717, 1.165) is 0 Å². The van der Waals surface area contributed by atoms with Gasteiger partial charge < -0.3 is 10.4 Å². The Morgan fingerprint density at radius 2 is 2.00 bits per heavy atom. The fraction of sp³-hybridized carbons (Fsp3) is 0.385. The summed E-state index contributed by atoms with van der Waals surface area (Å²) in [5.41, 5.74) is -0.323. The Morgan fingerprint density at radius 3 is 2.43 bits per heavy atom. The molecule has 0 aromatic heterocycles. The lowest BCUT2D eigenvalue weighted by atomic mass is 10.1. The molecule has 0 radical (unpaired) electrons. The number of nitrogens with one attached hydrogen (secondary N) is 1. The number of carbonyl (C=O) groups excluding carboxylic acids is 1. The molecule has 0 aliphatic heterocycles. The summed E-state index contributed by atoms with van der Waals surface area (Å²) in [6.07, 6.45) is 0. The summed E-state index contributed by atoms with van der Waals surface area (Å²) in [5.74, 6) is -2.73. The summed E-state index contributed by atoms with van der Waals surface area (Å²) in [7, 11) is 0. The fourth-order valence-electron chi connectivity index (χ4n) is 2.52. The monoisotopic (exact) mass is 356 g/mol. The normalized spacial score (nSPS) is 22.4. The van der Waals surface area contributed by atoms with Crippen LogP contribution >= 0.6 is 15.9 Å². The van der Waals surface area contributed by atoms with Crippen LogP contribution in [0.4, 0.5) is 11.4 Å². The number of carbonyl (C=O) groups is 2. The highest BCUT2D eigenvalue weighted by atomic mass is 79.9. The van der Waals surface area contributed by atoms with Crippen LogP contribution in [0.3, 0.4) is 0 Å². The summed E-state index contributed by atoms with van der Waals surface area (Å²) in [5, 5.41) is 22.3. The second-order valence-electron chi connectivity index (χ2n) is 5.53. The van der Waals surface area contributed by atoms with Crippen LogP contribution in [0.5, 0.6) is 0 Å². The molecule has 21 heavy (non-hydrogen) atoms. The second-order valence-corrected chi connectivity index (χ2v) is 6.38. The highest BCUT2D eigenvalue weighted by molar-refractivity contribution is 9.10. The summed E-state index contributed by atoms with van der Waals surface area (Å²) >= 11 is 3.15. The van der Waals surface area contributed by atoms with Crippen LogP contribution in [-0.2, 0) is 9.59 Å². The van der Waals surface area contributed by atoms with Gasteiger partial charge in [0.15, 0.2) is 0 Å². The van der Waals surface area contributed by atoms with Gasteiger partial charge in [0.1, 0.15) is 0 Å². The molecule has 0 spiro atoms. The van der Waals surface area contributed by atoms with Crippen molar-refractivity contribution in [2.24, 2.45) is 17.3 Å². The SMILES string of the molecule is CC1(C)[C@H](C(=O)O)[C@@H]1C(=O)Nc1ccc([N+](=O)[O-])cc1Br. The van der Waals surface area contributed by atoms with E-state index in [1.165, 1.54) is 18.2 Å². The number of rotatable bonds is 4. The van der Waals surface area contributed by atoms with Gasteiger partial charge in [-0.3, -0.25) is 19.7 Å². The highest BCUT2D eigenvalue weighted by Gasteiger charge is 2.65. The standard InChI is InChI=1S/C13H13BrN2O5/c1-13(2)9(10(13)12(18)19)11(17)15-8-4-3-6(16(20)21)5-7(8)14/h3-5,9-10H,1-2H3,(H,15,17)(H,18,19)/t9-,10+/m1/s1. The van der Waals surface area contributed by atoms with Crippen molar-refractivity contribution in [3.05, 3.63) is 32.8 Å². The molecule has 1 aliphatic carbocycles. The first-order valence-electron chi connectivity index (χ1n) is 6.14. The van der Waals surface area contributed by atoms with E-state index >= 15 is 0 Å². The molecular weight excluding hydrogens is 344 g/mol. The van der Waals surface area contributed by atoms with Gasteiger partial charge in [0, 0.05) is 16.6 Å². The number of non-ortho nitro benzene ring substituents is 1. The van der Waals surface area contributed by atoms with Crippen LogP contribution in [0.15, 0.2) is 22.7 Å². The number of benzene rings is 1. The summed E-state index contributed by atoms with van der Waals surface area (Å²) in [4.78, 5) is 33.3. The van der Waals surface area contributed by atoms with Gasteiger partial charge in [-0.2, -0.15) is 0 Å². The summed E-state index contributed by atoms with van der Waals surface area (Å²) < 4.78 is 0.371. The first-order chi connectivity index (χ1) is 9.66. The number of carboxylic acids is 1. The molecular formula is C13H13BrN2O5. The molecule has 0 heterocycles. The quantitative estimate of drug-likeness (QED) is 0.636. The number of anilines is 1. The zero-order valence-corrected chi connectivity index (χ0v) is 12.9. The minimum absolute atomic E-state index is 0.102. The number of carboxylic acid groups (broad SMARTS) is 1. The molecule has 7 nitrogen and oxygen atoms in total. The van der Waals surface area contributed by atoms with Gasteiger partial charge in [0.2, 0.25) is 5.91 Å². The third-order valence-electron chi connectivity index (χ3n) is 3.80. The molecule has 1 saturated carbocycles. The minimum Gasteiger partial charge on any atom is -0.481 e. The highest BCUT2D eigenvalue weighted by Crippen LogP contribution is 2.58. The molecule has 1 fully saturated rings. The van der Waals surface area contributed by atoms with E-state index in [1.807, 2.05) is 0 Å². The van der Waals surface area contributed by atoms with Gasteiger partial charge in [-0.25, -0.2) is 0 Å². The first kappa shape index (κ1) is 15.4. The number of amides is 1. The van der Waals surface area contributed by atoms with Crippen LogP contribution in [-0.4, -0.2) is 21.9 Å². The van der Waals surface area contributed by atoms with Crippen LogP contribution in [0.1, 0.15) is 13.8 Å². The lowest BCUT2D eigenvalue weighted by Crippen LogP contribution is -2.18. The predicted octanol–water partition coefficient (Wildman–Crippen LogP) is 2.65. The fourth-order valence-corrected chi connectivity index (χ4v) is 2.98. The van der Waals surface area contributed by atoms with Gasteiger partial charge in [-0.1, -0.05) is 13.8 Å². The van der Waals surface area contributed by atoms with Gasteiger partial charge >= 0.3 is 5.97 Å². The van der Waals surface area contributed by atoms with E-state index in [2.05, 4.69) is 21.2 Å². The number of nitro benzene ring substituents is 1. The Balaban J connectivity index is 2.15. The van der Waals surface area contributed by atoms with Crippen molar-refractivity contribution in [1.82, 2.24) is 0 Å². The number of halogens is 1. The summed E-state index contributed by atoms with van der Waals surface area (Å²) in [6, 6.07) is 3.96. The lowest BCUT2D eigenvalue weighted by molar-refractivity contribution is -0.384. The molecule has 1 aliphatic rings.